The van der Waals surface area contributed by atoms with Gasteiger partial charge in [-0.25, -0.2) is 9.97 Å². The molecule has 0 aliphatic carbocycles. The van der Waals surface area contributed by atoms with E-state index in [2.05, 4.69) is 31.2 Å². The van der Waals surface area contributed by atoms with Gasteiger partial charge >= 0.3 is 0 Å². The molecule has 2 aromatic heterocycles. The summed E-state index contributed by atoms with van der Waals surface area (Å²) in [6.45, 7) is 0. The molecule has 2 heterocycles. The van der Waals surface area contributed by atoms with E-state index >= 15 is 0 Å². The maximum absolute atomic E-state index is 11.8. The van der Waals surface area contributed by atoms with Crippen LogP contribution in [0.15, 0.2) is 47.2 Å². The number of nitrogens with zero attached hydrogens (tertiary/aromatic N) is 2. The molecule has 2 aromatic rings. The molecule has 1 amide bonds. The number of rotatable bonds is 2. The number of amides is 1. The van der Waals surface area contributed by atoms with Crippen molar-refractivity contribution >= 4 is 27.7 Å². The summed E-state index contributed by atoms with van der Waals surface area (Å²) in [5, 5.41) is 2.66. The topological polar surface area (TPSA) is 54.9 Å². The van der Waals surface area contributed by atoms with Crippen LogP contribution in [0.25, 0.3) is 0 Å². The van der Waals surface area contributed by atoms with Gasteiger partial charge in [0.25, 0.3) is 5.91 Å². The molecule has 0 spiro atoms. The molecule has 5 heteroatoms. The third-order valence-electron chi connectivity index (χ3n) is 1.88. The number of hydrogen-bond acceptors (Lipinski definition) is 3. The van der Waals surface area contributed by atoms with Crippen LogP contribution in [0.5, 0.6) is 0 Å². The Labute approximate surface area is 101 Å². The molecule has 0 unspecified atom stereocenters. The Kier molecular flexibility index (Phi) is 3.26. The van der Waals surface area contributed by atoms with Gasteiger partial charge in [-0.15, -0.1) is 0 Å². The first-order chi connectivity index (χ1) is 7.77. The number of nitrogens with one attached hydrogen (secondary N) is 1. The lowest BCUT2D eigenvalue weighted by atomic mass is 10.3. The van der Waals surface area contributed by atoms with Gasteiger partial charge < -0.3 is 5.32 Å². The van der Waals surface area contributed by atoms with E-state index in [-0.39, 0.29) is 5.91 Å². The maximum Gasteiger partial charge on any atom is 0.276 e. The van der Waals surface area contributed by atoms with Crippen molar-refractivity contribution in [3.05, 3.63) is 52.9 Å². The summed E-state index contributed by atoms with van der Waals surface area (Å²) >= 11 is 3.27. The van der Waals surface area contributed by atoms with Gasteiger partial charge in [-0.2, -0.15) is 0 Å². The average molecular weight is 278 g/mol. The highest BCUT2D eigenvalue weighted by Gasteiger charge is 2.11. The number of hydrogen-bond donors (Lipinski definition) is 1. The normalized spacial score (nSPS) is 9.81. The van der Waals surface area contributed by atoms with Crippen molar-refractivity contribution in [2.75, 3.05) is 5.32 Å². The number of anilines is 1. The van der Waals surface area contributed by atoms with Crippen molar-refractivity contribution in [2.24, 2.45) is 0 Å². The van der Waals surface area contributed by atoms with Crippen LogP contribution < -0.4 is 5.32 Å². The van der Waals surface area contributed by atoms with Crippen LogP contribution in [0.2, 0.25) is 0 Å². The molecule has 0 fully saturated rings. The maximum atomic E-state index is 11.8. The van der Waals surface area contributed by atoms with Crippen LogP contribution in [-0.2, 0) is 0 Å². The molecule has 0 radical (unpaired) electrons. The summed E-state index contributed by atoms with van der Waals surface area (Å²) in [4.78, 5) is 19.8. The predicted molar refractivity (Wildman–Crippen MR) is 64.1 cm³/mol. The highest BCUT2D eigenvalue weighted by atomic mass is 79.9. The van der Waals surface area contributed by atoms with Gasteiger partial charge in [0.05, 0.1) is 0 Å². The average Bonchev–Trinajstić information content (AvgIpc) is 2.31. The first kappa shape index (κ1) is 10.8. The van der Waals surface area contributed by atoms with E-state index in [1.165, 1.54) is 0 Å². The molecule has 80 valence electrons. The fourth-order valence-electron chi connectivity index (χ4n) is 1.16. The highest BCUT2D eigenvalue weighted by Crippen LogP contribution is 2.14. The van der Waals surface area contributed by atoms with Crippen LogP contribution in [0.1, 0.15) is 10.5 Å². The van der Waals surface area contributed by atoms with Crippen LogP contribution in [0.3, 0.4) is 0 Å². The molecular weight excluding hydrogens is 270 g/mol. The number of pyridine rings is 2. The van der Waals surface area contributed by atoms with Crippen LogP contribution in [0, 0.1) is 0 Å². The lowest BCUT2D eigenvalue weighted by Gasteiger charge is -2.04. The monoisotopic (exact) mass is 277 g/mol. The second kappa shape index (κ2) is 4.85. The largest absolute Gasteiger partial charge is 0.305 e. The zero-order valence-corrected chi connectivity index (χ0v) is 9.81. The highest BCUT2D eigenvalue weighted by molar-refractivity contribution is 9.10. The van der Waals surface area contributed by atoms with Crippen molar-refractivity contribution in [3.63, 3.8) is 0 Å². The Morgan fingerprint density at radius 3 is 2.62 bits per heavy atom. The van der Waals surface area contributed by atoms with Crippen LogP contribution in [0.4, 0.5) is 5.82 Å². The summed E-state index contributed by atoms with van der Waals surface area (Å²) < 4.78 is 0.656. The van der Waals surface area contributed by atoms with Crippen molar-refractivity contribution in [2.45, 2.75) is 0 Å². The van der Waals surface area contributed by atoms with Gasteiger partial charge in [0.2, 0.25) is 0 Å². The smallest absolute Gasteiger partial charge is 0.276 e. The molecule has 0 atom stereocenters. The Morgan fingerprint density at radius 1 is 1.12 bits per heavy atom. The van der Waals surface area contributed by atoms with Crippen molar-refractivity contribution < 1.29 is 4.79 Å². The minimum absolute atomic E-state index is 0.286. The molecule has 4 nitrogen and oxygen atoms in total. The van der Waals surface area contributed by atoms with E-state index < -0.39 is 0 Å². The summed E-state index contributed by atoms with van der Waals surface area (Å²) in [7, 11) is 0. The van der Waals surface area contributed by atoms with Crippen molar-refractivity contribution in [1.29, 1.82) is 0 Å². The second-order valence-corrected chi connectivity index (χ2v) is 3.86. The van der Waals surface area contributed by atoms with E-state index in [4.69, 9.17) is 0 Å². The zero-order valence-electron chi connectivity index (χ0n) is 8.22. The molecule has 2 rings (SSSR count). The predicted octanol–water partition coefficient (Wildman–Crippen LogP) is 2.49. The summed E-state index contributed by atoms with van der Waals surface area (Å²) in [6.07, 6.45) is 3.18. The third-order valence-corrected chi connectivity index (χ3v) is 2.52. The lowest BCUT2D eigenvalue weighted by molar-refractivity contribution is 0.102. The third kappa shape index (κ3) is 2.43. The second-order valence-electron chi connectivity index (χ2n) is 3.00. The SMILES string of the molecule is O=C(Nc1ccccn1)c1ncccc1Br. The van der Waals surface area contributed by atoms with Crippen LogP contribution >= 0.6 is 15.9 Å². The Hall–Kier alpha value is -1.75. The molecule has 1 N–H and O–H groups in total. The van der Waals surface area contributed by atoms with E-state index in [0.29, 0.717) is 16.0 Å². The fraction of sp³-hybridized carbons (Fsp3) is 0. The molecule has 0 saturated heterocycles. The quantitative estimate of drug-likeness (QED) is 0.918. The fourth-order valence-corrected chi connectivity index (χ4v) is 1.60. The first-order valence-corrected chi connectivity index (χ1v) is 5.39. The van der Waals surface area contributed by atoms with Gasteiger partial charge in [0.1, 0.15) is 11.5 Å². The molecule has 16 heavy (non-hydrogen) atoms. The molecule has 0 aliphatic heterocycles. The Bertz CT molecular complexity index is 502. The zero-order chi connectivity index (χ0) is 11.4. The molecular formula is C11H8BrN3O. The molecule has 0 aromatic carbocycles. The van der Waals surface area contributed by atoms with E-state index in [1.54, 1.807) is 42.7 Å². The Balaban J connectivity index is 2.19. The summed E-state index contributed by atoms with van der Waals surface area (Å²) in [6, 6.07) is 8.82. The number of halogens is 1. The summed E-state index contributed by atoms with van der Waals surface area (Å²) in [5.74, 6) is 0.219. The van der Waals surface area contributed by atoms with Gasteiger partial charge in [-0.05, 0) is 40.2 Å². The minimum Gasteiger partial charge on any atom is -0.305 e. The molecule has 0 aliphatic rings. The van der Waals surface area contributed by atoms with Crippen LogP contribution in [-0.4, -0.2) is 15.9 Å². The van der Waals surface area contributed by atoms with Gasteiger partial charge in [0.15, 0.2) is 0 Å². The molecule has 0 saturated carbocycles. The van der Waals surface area contributed by atoms with E-state index in [0.717, 1.165) is 0 Å². The van der Waals surface area contributed by atoms with Crippen molar-refractivity contribution in [3.8, 4) is 0 Å². The van der Waals surface area contributed by atoms with E-state index in [1.807, 2.05) is 0 Å². The Morgan fingerprint density at radius 2 is 1.94 bits per heavy atom. The number of carbonyl (C=O) groups is 1. The first-order valence-electron chi connectivity index (χ1n) is 4.60. The number of aromatic nitrogens is 2. The standard InChI is InChI=1S/C11H8BrN3O/c12-8-4-3-7-14-10(8)11(16)15-9-5-1-2-6-13-9/h1-7H,(H,13,15,16). The lowest BCUT2D eigenvalue weighted by Crippen LogP contribution is -2.14. The number of carbonyl (C=O) groups excluding carboxylic acids is 1. The minimum atomic E-state index is -0.286. The van der Waals surface area contributed by atoms with E-state index in [9.17, 15) is 4.79 Å². The van der Waals surface area contributed by atoms with Gasteiger partial charge in [-0.1, -0.05) is 6.07 Å². The van der Waals surface area contributed by atoms with Crippen molar-refractivity contribution in [1.82, 2.24) is 9.97 Å². The van der Waals surface area contributed by atoms with Gasteiger partial charge in [-0.3, -0.25) is 4.79 Å². The summed E-state index contributed by atoms with van der Waals surface area (Å²) in [5.41, 5.74) is 0.341. The molecule has 0 bridgehead atoms. The van der Waals surface area contributed by atoms with Gasteiger partial charge in [0, 0.05) is 16.9 Å².